The topological polar surface area (TPSA) is 94.8 Å². The average Bonchev–Trinajstić information content (AvgIpc) is 2.65. The monoisotopic (exact) mass is 372 g/mol. The molecule has 0 aromatic heterocycles. The van der Waals surface area contributed by atoms with Crippen LogP contribution in [-0.2, 0) is 9.59 Å². The number of ketones is 2. The van der Waals surface area contributed by atoms with Crippen molar-refractivity contribution < 1.29 is 24.9 Å². The number of aliphatic hydroxyl groups excluding tert-OH is 2. The van der Waals surface area contributed by atoms with E-state index in [-0.39, 0.29) is 12.8 Å². The van der Waals surface area contributed by atoms with Crippen molar-refractivity contribution in [1.29, 1.82) is 0 Å². The van der Waals surface area contributed by atoms with E-state index in [0.29, 0.717) is 12.8 Å². The summed E-state index contributed by atoms with van der Waals surface area (Å²) in [5.41, 5.74) is -2.46. The molecule has 0 fully saturated rings. The molecule has 154 valence electrons. The van der Waals surface area contributed by atoms with Crippen molar-refractivity contribution in [3.8, 4) is 0 Å². The Bertz CT molecular complexity index is 383. The van der Waals surface area contributed by atoms with Crippen molar-refractivity contribution in [2.45, 2.75) is 115 Å². The van der Waals surface area contributed by atoms with Crippen molar-refractivity contribution in [3.05, 3.63) is 0 Å². The lowest BCUT2D eigenvalue weighted by Gasteiger charge is -2.29. The number of hydrogen-bond acceptors (Lipinski definition) is 5. The third-order valence-electron chi connectivity index (χ3n) is 5.02. The minimum absolute atomic E-state index is 0.0556. The predicted molar refractivity (Wildman–Crippen MR) is 104 cm³/mol. The third kappa shape index (κ3) is 9.24. The Hall–Kier alpha value is -0.780. The first-order valence-corrected chi connectivity index (χ1v) is 10.5. The largest absolute Gasteiger partial charge is 0.394 e. The van der Waals surface area contributed by atoms with Gasteiger partial charge in [0.2, 0.25) is 5.60 Å². The van der Waals surface area contributed by atoms with Crippen LogP contribution in [0.4, 0.5) is 0 Å². The molecule has 0 aromatic carbocycles. The minimum atomic E-state index is -2.46. The molecule has 0 spiro atoms. The van der Waals surface area contributed by atoms with E-state index in [1.807, 2.05) is 0 Å². The van der Waals surface area contributed by atoms with Crippen LogP contribution in [0.15, 0.2) is 0 Å². The lowest BCUT2D eigenvalue weighted by Crippen LogP contribution is -2.57. The maximum absolute atomic E-state index is 12.4. The molecule has 5 nitrogen and oxygen atoms in total. The highest BCUT2D eigenvalue weighted by Gasteiger charge is 2.48. The van der Waals surface area contributed by atoms with E-state index in [2.05, 4.69) is 13.8 Å². The highest BCUT2D eigenvalue weighted by molar-refractivity contribution is 6.10. The standard InChI is InChI=1S/C21H40O5/c1-3-5-7-9-10-12-14-16-19(24)21(26,20(25)17-22)18(23)15-13-11-8-6-4-2/h20,22,25-26H,3-17H2,1-2H3. The molecular weight excluding hydrogens is 332 g/mol. The van der Waals surface area contributed by atoms with Crippen LogP contribution in [0.3, 0.4) is 0 Å². The number of carbonyl (C=O) groups is 2. The Morgan fingerprint density at radius 2 is 1.08 bits per heavy atom. The molecule has 0 aliphatic heterocycles. The van der Waals surface area contributed by atoms with Gasteiger partial charge in [-0.3, -0.25) is 9.59 Å². The molecule has 2 unspecified atom stereocenters. The summed E-state index contributed by atoms with van der Waals surface area (Å²) in [7, 11) is 0. The van der Waals surface area contributed by atoms with Crippen molar-refractivity contribution in [2.24, 2.45) is 0 Å². The summed E-state index contributed by atoms with van der Waals surface area (Å²) >= 11 is 0. The fourth-order valence-electron chi connectivity index (χ4n) is 3.17. The summed E-state index contributed by atoms with van der Waals surface area (Å²) in [6.45, 7) is 3.46. The quantitative estimate of drug-likeness (QED) is 0.252. The van der Waals surface area contributed by atoms with Gasteiger partial charge in [-0.05, 0) is 12.8 Å². The highest BCUT2D eigenvalue weighted by atomic mass is 16.4. The molecule has 3 N–H and O–H groups in total. The van der Waals surface area contributed by atoms with E-state index < -0.39 is 29.9 Å². The lowest BCUT2D eigenvalue weighted by atomic mass is 9.82. The predicted octanol–water partition coefficient (Wildman–Crippen LogP) is 3.71. The number of unbranched alkanes of at least 4 members (excludes halogenated alkanes) is 10. The van der Waals surface area contributed by atoms with E-state index in [0.717, 1.165) is 44.9 Å². The first-order chi connectivity index (χ1) is 12.4. The summed E-state index contributed by atoms with van der Waals surface area (Å²) in [6.07, 6.45) is 10.2. The van der Waals surface area contributed by atoms with Crippen LogP contribution in [-0.4, -0.2) is 45.2 Å². The molecule has 0 radical (unpaired) electrons. The Balaban J connectivity index is 4.45. The summed E-state index contributed by atoms with van der Waals surface area (Å²) in [5.74, 6) is -1.32. The Kier molecular flexibility index (Phi) is 14.8. The second kappa shape index (κ2) is 15.3. The molecule has 2 atom stereocenters. The fourth-order valence-corrected chi connectivity index (χ4v) is 3.17. The fraction of sp³-hybridized carbons (Fsp3) is 0.905. The van der Waals surface area contributed by atoms with E-state index in [9.17, 15) is 24.9 Å². The summed E-state index contributed by atoms with van der Waals surface area (Å²) < 4.78 is 0. The number of Topliss-reactive ketones (excluding diaryl/α,β-unsaturated/α-hetero) is 2. The van der Waals surface area contributed by atoms with E-state index in [1.54, 1.807) is 0 Å². The molecule has 0 amide bonds. The van der Waals surface area contributed by atoms with Crippen LogP contribution in [0.5, 0.6) is 0 Å². The van der Waals surface area contributed by atoms with Crippen LogP contribution in [0.25, 0.3) is 0 Å². The zero-order valence-electron chi connectivity index (χ0n) is 16.8. The zero-order chi connectivity index (χ0) is 19.8. The van der Waals surface area contributed by atoms with Crippen LogP contribution >= 0.6 is 0 Å². The van der Waals surface area contributed by atoms with Gasteiger partial charge in [0.1, 0.15) is 6.10 Å². The summed E-state index contributed by atoms with van der Waals surface area (Å²) in [6, 6.07) is 0. The smallest absolute Gasteiger partial charge is 0.209 e. The molecule has 0 heterocycles. The SMILES string of the molecule is CCCCCCCCCC(=O)C(O)(C(=O)CCCCCCC)C(O)CO. The maximum atomic E-state index is 12.4. The van der Waals surface area contributed by atoms with Gasteiger partial charge in [-0.2, -0.15) is 0 Å². The van der Waals surface area contributed by atoms with Crippen molar-refractivity contribution in [1.82, 2.24) is 0 Å². The average molecular weight is 373 g/mol. The van der Waals surface area contributed by atoms with Gasteiger partial charge < -0.3 is 15.3 Å². The number of carbonyl (C=O) groups excluding carboxylic acids is 2. The van der Waals surface area contributed by atoms with Gasteiger partial charge in [-0.25, -0.2) is 0 Å². The van der Waals surface area contributed by atoms with Crippen molar-refractivity contribution >= 4 is 11.6 Å². The molecule has 0 rings (SSSR count). The molecule has 0 aliphatic carbocycles. The van der Waals surface area contributed by atoms with Gasteiger partial charge in [0, 0.05) is 12.8 Å². The molecule has 0 aliphatic rings. The molecule has 0 saturated carbocycles. The van der Waals surface area contributed by atoms with Crippen LogP contribution in [0.1, 0.15) is 104 Å². The zero-order valence-corrected chi connectivity index (χ0v) is 16.8. The van der Waals surface area contributed by atoms with Gasteiger partial charge in [-0.15, -0.1) is 0 Å². The molecule has 0 bridgehead atoms. The normalized spacial score (nSPS) is 14.8. The van der Waals surface area contributed by atoms with Crippen LogP contribution in [0.2, 0.25) is 0 Å². The number of hydrogen-bond donors (Lipinski definition) is 3. The summed E-state index contributed by atoms with van der Waals surface area (Å²) in [5, 5.41) is 29.7. The van der Waals surface area contributed by atoms with Gasteiger partial charge in [0.15, 0.2) is 11.6 Å². The molecule has 26 heavy (non-hydrogen) atoms. The third-order valence-corrected chi connectivity index (χ3v) is 5.02. The van der Waals surface area contributed by atoms with Crippen LogP contribution < -0.4 is 0 Å². The van der Waals surface area contributed by atoms with E-state index >= 15 is 0 Å². The second-order valence-electron chi connectivity index (χ2n) is 7.35. The Morgan fingerprint density at radius 3 is 1.42 bits per heavy atom. The Labute approximate surface area is 159 Å². The van der Waals surface area contributed by atoms with Crippen LogP contribution in [0, 0.1) is 0 Å². The Morgan fingerprint density at radius 1 is 0.731 bits per heavy atom. The first kappa shape index (κ1) is 25.2. The van der Waals surface area contributed by atoms with Gasteiger partial charge in [0.05, 0.1) is 6.61 Å². The molecule has 5 heteroatoms. The number of rotatable bonds is 18. The minimum Gasteiger partial charge on any atom is -0.394 e. The number of aliphatic hydroxyl groups is 3. The maximum Gasteiger partial charge on any atom is 0.209 e. The van der Waals surface area contributed by atoms with E-state index in [1.165, 1.54) is 19.3 Å². The molecular formula is C21H40O5. The van der Waals surface area contributed by atoms with Gasteiger partial charge in [0.25, 0.3) is 0 Å². The van der Waals surface area contributed by atoms with Crippen molar-refractivity contribution in [2.75, 3.05) is 6.61 Å². The van der Waals surface area contributed by atoms with Gasteiger partial charge in [-0.1, -0.05) is 78.1 Å². The highest BCUT2D eigenvalue weighted by Crippen LogP contribution is 2.22. The lowest BCUT2D eigenvalue weighted by molar-refractivity contribution is -0.166. The first-order valence-electron chi connectivity index (χ1n) is 10.5. The van der Waals surface area contributed by atoms with Gasteiger partial charge >= 0.3 is 0 Å². The second-order valence-corrected chi connectivity index (χ2v) is 7.35. The summed E-state index contributed by atoms with van der Waals surface area (Å²) in [4.78, 5) is 24.8. The van der Waals surface area contributed by atoms with E-state index in [4.69, 9.17) is 0 Å². The molecule has 0 aromatic rings. The molecule has 0 saturated heterocycles. The van der Waals surface area contributed by atoms with Crippen molar-refractivity contribution in [3.63, 3.8) is 0 Å².